The van der Waals surface area contributed by atoms with E-state index >= 15 is 0 Å². The highest BCUT2D eigenvalue weighted by Gasteiger charge is 2.32. The van der Waals surface area contributed by atoms with Crippen molar-refractivity contribution in [2.75, 3.05) is 31.6 Å². The molecule has 6 nitrogen and oxygen atoms in total. The van der Waals surface area contributed by atoms with Crippen LogP contribution in [0.4, 0.5) is 23.5 Å². The quantitative estimate of drug-likeness (QED) is 0.829. The highest BCUT2D eigenvalue weighted by molar-refractivity contribution is 5.83. The molecule has 3 rings (SSSR count). The minimum atomic E-state index is -4.49. The number of benzene rings is 1. The SMILES string of the molecule is CN(CC(F)(F)F)C(=O)Cn1c(N2CC[C@@H](N)C2)nc2ccc(F)cc21. The van der Waals surface area contributed by atoms with Crippen LogP contribution in [0.25, 0.3) is 11.0 Å². The highest BCUT2D eigenvalue weighted by atomic mass is 19.4. The molecule has 10 heteroatoms. The van der Waals surface area contributed by atoms with E-state index in [4.69, 9.17) is 5.73 Å². The first-order chi connectivity index (χ1) is 12.1. The number of likely N-dealkylation sites (N-methyl/N-ethyl adjacent to an activating group) is 1. The lowest BCUT2D eigenvalue weighted by Crippen LogP contribution is -2.38. The van der Waals surface area contributed by atoms with Crippen LogP contribution in [0.2, 0.25) is 0 Å². The van der Waals surface area contributed by atoms with Crippen LogP contribution in [-0.2, 0) is 11.3 Å². The molecule has 26 heavy (non-hydrogen) atoms. The van der Waals surface area contributed by atoms with Gasteiger partial charge in [-0.05, 0) is 24.6 Å². The Labute approximate surface area is 147 Å². The van der Waals surface area contributed by atoms with Gasteiger partial charge in [0, 0.05) is 26.2 Å². The Hall–Kier alpha value is -2.36. The van der Waals surface area contributed by atoms with E-state index in [9.17, 15) is 22.4 Å². The Balaban J connectivity index is 1.94. The molecule has 1 atom stereocenters. The van der Waals surface area contributed by atoms with Crippen LogP contribution < -0.4 is 10.6 Å². The zero-order valence-corrected chi connectivity index (χ0v) is 14.1. The van der Waals surface area contributed by atoms with Gasteiger partial charge in [0.1, 0.15) is 18.9 Å². The summed E-state index contributed by atoms with van der Waals surface area (Å²) in [6.07, 6.45) is -3.75. The zero-order valence-electron chi connectivity index (χ0n) is 14.1. The van der Waals surface area contributed by atoms with Gasteiger partial charge < -0.3 is 20.1 Å². The number of carbonyl (C=O) groups is 1. The number of hydrogen-bond acceptors (Lipinski definition) is 4. The molecule has 0 bridgehead atoms. The Bertz CT molecular complexity index is 819. The second kappa shape index (κ2) is 6.75. The van der Waals surface area contributed by atoms with Crippen LogP contribution >= 0.6 is 0 Å². The first-order valence-electron chi connectivity index (χ1n) is 8.11. The van der Waals surface area contributed by atoms with Gasteiger partial charge in [0.25, 0.3) is 0 Å². The third kappa shape index (κ3) is 3.90. The van der Waals surface area contributed by atoms with Gasteiger partial charge in [0.2, 0.25) is 11.9 Å². The monoisotopic (exact) mass is 373 g/mol. The van der Waals surface area contributed by atoms with Crippen LogP contribution in [0.5, 0.6) is 0 Å². The summed E-state index contributed by atoms with van der Waals surface area (Å²) in [5.41, 5.74) is 6.73. The molecule has 2 N–H and O–H groups in total. The lowest BCUT2D eigenvalue weighted by Gasteiger charge is -2.22. The maximum atomic E-state index is 13.7. The molecular weight excluding hydrogens is 354 g/mol. The minimum Gasteiger partial charge on any atom is -0.341 e. The van der Waals surface area contributed by atoms with Crippen LogP contribution in [0, 0.1) is 5.82 Å². The van der Waals surface area contributed by atoms with E-state index < -0.39 is 24.4 Å². The molecule has 1 saturated heterocycles. The van der Waals surface area contributed by atoms with Gasteiger partial charge in [-0.15, -0.1) is 0 Å². The number of alkyl halides is 3. The fourth-order valence-corrected chi connectivity index (χ4v) is 3.06. The lowest BCUT2D eigenvalue weighted by atomic mass is 10.3. The van der Waals surface area contributed by atoms with Gasteiger partial charge in [-0.3, -0.25) is 4.79 Å². The molecule has 0 spiro atoms. The van der Waals surface area contributed by atoms with Crippen molar-refractivity contribution in [2.45, 2.75) is 25.2 Å². The van der Waals surface area contributed by atoms with Crippen LogP contribution in [0.15, 0.2) is 18.2 Å². The number of halogens is 4. The maximum absolute atomic E-state index is 13.7. The molecule has 1 fully saturated rings. The number of carbonyl (C=O) groups excluding carboxylic acids is 1. The molecule has 1 aliphatic heterocycles. The maximum Gasteiger partial charge on any atom is 0.406 e. The minimum absolute atomic E-state index is 0.0522. The summed E-state index contributed by atoms with van der Waals surface area (Å²) in [4.78, 5) is 19.2. The van der Waals surface area contributed by atoms with Crippen molar-refractivity contribution >= 4 is 22.9 Å². The summed E-state index contributed by atoms with van der Waals surface area (Å²) < 4.78 is 52.7. The number of nitrogens with two attached hydrogens (primary N) is 1. The molecule has 0 radical (unpaired) electrons. The summed E-state index contributed by atoms with van der Waals surface area (Å²) in [7, 11) is 1.08. The average Bonchev–Trinajstić information content (AvgIpc) is 3.10. The van der Waals surface area contributed by atoms with E-state index in [1.54, 1.807) is 0 Å². The van der Waals surface area contributed by atoms with Gasteiger partial charge >= 0.3 is 6.18 Å². The standard InChI is InChI=1S/C16H19F4N5O/c1-23(9-16(18,19)20)14(26)8-25-13-6-10(17)2-3-12(13)22-15(25)24-5-4-11(21)7-24/h2-3,6,11H,4-5,7-9,21H2,1H3/t11-/m1/s1. The van der Waals surface area contributed by atoms with Crippen LogP contribution in [0.1, 0.15) is 6.42 Å². The molecular formula is C16H19F4N5O. The fraction of sp³-hybridized carbons (Fsp3) is 0.500. The summed E-state index contributed by atoms with van der Waals surface area (Å²) in [5, 5.41) is 0. The number of hydrogen-bond donors (Lipinski definition) is 1. The molecule has 1 amide bonds. The van der Waals surface area contributed by atoms with Crippen LogP contribution in [-0.4, -0.2) is 59.3 Å². The Morgan fingerprint density at radius 2 is 2.15 bits per heavy atom. The van der Waals surface area contributed by atoms with E-state index in [-0.39, 0.29) is 12.6 Å². The molecule has 1 aromatic heterocycles. The van der Waals surface area contributed by atoms with Crippen molar-refractivity contribution in [1.82, 2.24) is 14.5 Å². The smallest absolute Gasteiger partial charge is 0.341 e. The number of anilines is 1. The summed E-state index contributed by atoms with van der Waals surface area (Å²) in [6.45, 7) is -0.595. The molecule has 0 saturated carbocycles. The van der Waals surface area contributed by atoms with Crippen molar-refractivity contribution in [3.8, 4) is 0 Å². The summed E-state index contributed by atoms with van der Waals surface area (Å²) >= 11 is 0. The molecule has 2 heterocycles. The third-order valence-electron chi connectivity index (χ3n) is 4.33. The van der Waals surface area contributed by atoms with Crippen LogP contribution in [0.3, 0.4) is 0 Å². The number of imidazole rings is 1. The summed E-state index contributed by atoms with van der Waals surface area (Å²) in [5.74, 6) is -0.845. The highest BCUT2D eigenvalue weighted by Crippen LogP contribution is 2.26. The van der Waals surface area contributed by atoms with Crippen molar-refractivity contribution in [3.63, 3.8) is 0 Å². The molecule has 1 aromatic carbocycles. The largest absolute Gasteiger partial charge is 0.406 e. The Morgan fingerprint density at radius 3 is 2.77 bits per heavy atom. The van der Waals surface area contributed by atoms with E-state index in [2.05, 4.69) is 4.98 Å². The average molecular weight is 373 g/mol. The molecule has 142 valence electrons. The van der Waals surface area contributed by atoms with Crippen molar-refractivity contribution in [2.24, 2.45) is 5.73 Å². The van der Waals surface area contributed by atoms with Gasteiger partial charge in [-0.2, -0.15) is 13.2 Å². The zero-order chi connectivity index (χ0) is 19.1. The first kappa shape index (κ1) is 18.4. The van der Waals surface area contributed by atoms with Crippen molar-refractivity contribution in [1.29, 1.82) is 0 Å². The van der Waals surface area contributed by atoms with Gasteiger partial charge in [0.15, 0.2) is 0 Å². The molecule has 0 aliphatic carbocycles. The molecule has 0 unspecified atom stereocenters. The topological polar surface area (TPSA) is 67.4 Å². The van der Waals surface area contributed by atoms with E-state index in [0.717, 1.165) is 13.5 Å². The number of aromatic nitrogens is 2. The van der Waals surface area contributed by atoms with Gasteiger partial charge in [-0.1, -0.05) is 0 Å². The third-order valence-corrected chi connectivity index (χ3v) is 4.33. The van der Waals surface area contributed by atoms with E-state index in [1.165, 1.54) is 22.8 Å². The number of fused-ring (bicyclic) bond motifs is 1. The fourth-order valence-electron chi connectivity index (χ4n) is 3.06. The second-order valence-electron chi connectivity index (χ2n) is 6.49. The second-order valence-corrected chi connectivity index (χ2v) is 6.49. The van der Waals surface area contributed by atoms with Crippen molar-refractivity contribution in [3.05, 3.63) is 24.0 Å². The molecule has 1 aliphatic rings. The Morgan fingerprint density at radius 1 is 1.42 bits per heavy atom. The van der Waals surface area contributed by atoms with E-state index in [0.29, 0.717) is 35.0 Å². The van der Waals surface area contributed by atoms with Crippen molar-refractivity contribution < 1.29 is 22.4 Å². The predicted molar refractivity (Wildman–Crippen MR) is 88.2 cm³/mol. The predicted octanol–water partition coefficient (Wildman–Crippen LogP) is 1.73. The lowest BCUT2D eigenvalue weighted by molar-refractivity contribution is -0.158. The summed E-state index contributed by atoms with van der Waals surface area (Å²) in [6, 6.07) is 3.89. The van der Waals surface area contributed by atoms with Gasteiger partial charge in [0.05, 0.1) is 11.0 Å². The van der Waals surface area contributed by atoms with E-state index in [1.807, 2.05) is 4.90 Å². The van der Waals surface area contributed by atoms with Gasteiger partial charge in [-0.25, -0.2) is 9.37 Å². The number of amides is 1. The molecule has 2 aromatic rings. The first-order valence-corrected chi connectivity index (χ1v) is 8.11. The Kier molecular flexibility index (Phi) is 4.78. The normalized spacial score (nSPS) is 17.9. The number of rotatable bonds is 4. The number of nitrogens with zero attached hydrogens (tertiary/aromatic N) is 4.